The molecule has 0 aliphatic rings. The zero-order valence-electron chi connectivity index (χ0n) is 15.7. The van der Waals surface area contributed by atoms with Crippen LogP contribution >= 0.6 is 0 Å². The van der Waals surface area contributed by atoms with Crippen molar-refractivity contribution in [3.05, 3.63) is 35.9 Å². The second-order valence-electron chi connectivity index (χ2n) is 7.25. The summed E-state index contributed by atoms with van der Waals surface area (Å²) in [6, 6.07) is 8.80. The number of carbonyl (C=O) groups excluding carboxylic acids is 2. The van der Waals surface area contributed by atoms with Gasteiger partial charge in [0.15, 0.2) is 5.78 Å². The standard InChI is InChI=1S/C20H31NO4/c1-5-16(20(3,4)11-12-22)18(24)17(21-19(25)14(2)23)13-15-9-7-6-8-10-15/h6-10,14,16-17,22-23H,5,11-13H2,1-4H3,(H,21,25). The van der Waals surface area contributed by atoms with Gasteiger partial charge in [-0.2, -0.15) is 0 Å². The first kappa shape index (κ1) is 21.3. The maximum atomic E-state index is 13.2. The van der Waals surface area contributed by atoms with Crippen LogP contribution in [0.15, 0.2) is 30.3 Å². The number of carbonyl (C=O) groups is 2. The van der Waals surface area contributed by atoms with Gasteiger partial charge in [-0.3, -0.25) is 9.59 Å². The van der Waals surface area contributed by atoms with E-state index in [2.05, 4.69) is 5.32 Å². The lowest BCUT2D eigenvalue weighted by Gasteiger charge is -2.35. The summed E-state index contributed by atoms with van der Waals surface area (Å²) in [5.41, 5.74) is 0.576. The highest BCUT2D eigenvalue weighted by Gasteiger charge is 2.37. The van der Waals surface area contributed by atoms with Crippen molar-refractivity contribution in [1.29, 1.82) is 0 Å². The molecule has 0 bridgehead atoms. The average molecular weight is 349 g/mol. The topological polar surface area (TPSA) is 86.6 Å². The van der Waals surface area contributed by atoms with Crippen molar-refractivity contribution in [2.24, 2.45) is 11.3 Å². The summed E-state index contributed by atoms with van der Waals surface area (Å²) < 4.78 is 0. The molecule has 25 heavy (non-hydrogen) atoms. The van der Waals surface area contributed by atoms with Crippen LogP contribution in [0, 0.1) is 11.3 Å². The number of rotatable bonds is 10. The van der Waals surface area contributed by atoms with E-state index < -0.39 is 18.1 Å². The molecule has 1 rings (SSSR count). The maximum Gasteiger partial charge on any atom is 0.249 e. The quantitative estimate of drug-likeness (QED) is 0.604. The van der Waals surface area contributed by atoms with Gasteiger partial charge in [-0.25, -0.2) is 0 Å². The number of aliphatic hydroxyl groups excluding tert-OH is 2. The molecule has 3 atom stereocenters. The number of Topliss-reactive ketones (excluding diaryl/α,β-unsaturated/α-hetero) is 1. The first-order valence-electron chi connectivity index (χ1n) is 8.89. The zero-order chi connectivity index (χ0) is 19.0. The van der Waals surface area contributed by atoms with E-state index in [1.54, 1.807) is 0 Å². The number of ketones is 1. The van der Waals surface area contributed by atoms with Crippen molar-refractivity contribution in [2.75, 3.05) is 6.61 Å². The Balaban J connectivity index is 3.06. The first-order chi connectivity index (χ1) is 11.7. The third kappa shape index (κ3) is 6.25. The Morgan fingerprint density at radius 1 is 1.20 bits per heavy atom. The maximum absolute atomic E-state index is 13.2. The van der Waals surface area contributed by atoms with Crippen LogP contribution < -0.4 is 5.32 Å². The van der Waals surface area contributed by atoms with Gasteiger partial charge in [-0.05, 0) is 37.2 Å². The van der Waals surface area contributed by atoms with Gasteiger partial charge >= 0.3 is 0 Å². The number of benzene rings is 1. The van der Waals surface area contributed by atoms with Gasteiger partial charge in [-0.1, -0.05) is 51.1 Å². The van der Waals surface area contributed by atoms with E-state index in [4.69, 9.17) is 0 Å². The van der Waals surface area contributed by atoms with Crippen molar-refractivity contribution in [2.45, 2.75) is 59.1 Å². The minimum Gasteiger partial charge on any atom is -0.396 e. The Kier molecular flexibility index (Phi) is 8.26. The van der Waals surface area contributed by atoms with Crippen molar-refractivity contribution in [3.8, 4) is 0 Å². The molecule has 1 aromatic carbocycles. The highest BCUT2D eigenvalue weighted by molar-refractivity contribution is 5.92. The Morgan fingerprint density at radius 2 is 1.80 bits per heavy atom. The van der Waals surface area contributed by atoms with E-state index in [1.807, 2.05) is 51.1 Å². The van der Waals surface area contributed by atoms with E-state index in [0.29, 0.717) is 19.3 Å². The summed E-state index contributed by atoms with van der Waals surface area (Å²) in [6.45, 7) is 7.26. The van der Waals surface area contributed by atoms with Crippen LogP contribution in [0.3, 0.4) is 0 Å². The minimum atomic E-state index is -1.17. The molecule has 0 aliphatic heterocycles. The summed E-state index contributed by atoms with van der Waals surface area (Å²) in [5, 5.41) is 21.5. The van der Waals surface area contributed by atoms with Crippen molar-refractivity contribution < 1.29 is 19.8 Å². The van der Waals surface area contributed by atoms with Crippen LogP contribution in [0.1, 0.15) is 46.1 Å². The van der Waals surface area contributed by atoms with Crippen molar-refractivity contribution >= 4 is 11.7 Å². The molecule has 1 aromatic rings. The molecule has 3 unspecified atom stereocenters. The second kappa shape index (κ2) is 9.68. The monoisotopic (exact) mass is 349 g/mol. The molecule has 0 aromatic heterocycles. The van der Waals surface area contributed by atoms with Gasteiger partial charge in [0.1, 0.15) is 6.10 Å². The van der Waals surface area contributed by atoms with Gasteiger partial charge in [0.25, 0.3) is 0 Å². The number of aliphatic hydroxyl groups is 2. The van der Waals surface area contributed by atoms with Crippen LogP contribution in [-0.2, 0) is 16.0 Å². The predicted molar refractivity (Wildman–Crippen MR) is 98.0 cm³/mol. The van der Waals surface area contributed by atoms with Crippen molar-refractivity contribution in [3.63, 3.8) is 0 Å². The lowest BCUT2D eigenvalue weighted by Crippen LogP contribution is -2.50. The smallest absolute Gasteiger partial charge is 0.249 e. The molecular formula is C20H31NO4. The molecule has 0 fully saturated rings. The summed E-state index contributed by atoms with van der Waals surface area (Å²) in [7, 11) is 0. The van der Waals surface area contributed by atoms with E-state index >= 15 is 0 Å². The van der Waals surface area contributed by atoms with Gasteiger partial charge in [-0.15, -0.1) is 0 Å². The zero-order valence-corrected chi connectivity index (χ0v) is 15.7. The van der Waals surface area contributed by atoms with E-state index in [9.17, 15) is 19.8 Å². The molecule has 0 heterocycles. The van der Waals surface area contributed by atoms with E-state index in [0.717, 1.165) is 5.56 Å². The third-order valence-corrected chi connectivity index (χ3v) is 4.77. The Morgan fingerprint density at radius 3 is 2.28 bits per heavy atom. The van der Waals surface area contributed by atoms with Gasteiger partial charge in [0.05, 0.1) is 6.04 Å². The van der Waals surface area contributed by atoms with E-state index in [-0.39, 0.29) is 23.7 Å². The Labute approximate surface area is 150 Å². The molecule has 5 heteroatoms. The fourth-order valence-electron chi connectivity index (χ4n) is 3.21. The normalized spacial score (nSPS) is 15.3. The number of hydrogen-bond acceptors (Lipinski definition) is 4. The van der Waals surface area contributed by atoms with Gasteiger partial charge in [0.2, 0.25) is 5.91 Å². The van der Waals surface area contributed by atoms with Gasteiger partial charge in [0, 0.05) is 12.5 Å². The predicted octanol–water partition coefficient (Wildman–Crippen LogP) is 2.10. The number of nitrogens with one attached hydrogen (secondary N) is 1. The summed E-state index contributed by atoms with van der Waals surface area (Å²) in [6.07, 6.45) is 0.349. The second-order valence-corrected chi connectivity index (χ2v) is 7.25. The molecule has 0 aliphatic carbocycles. The molecule has 5 nitrogen and oxygen atoms in total. The molecule has 1 amide bonds. The lowest BCUT2D eigenvalue weighted by molar-refractivity contribution is -0.136. The summed E-state index contributed by atoms with van der Waals surface area (Å²) in [4.78, 5) is 25.2. The Hall–Kier alpha value is -1.72. The summed E-state index contributed by atoms with van der Waals surface area (Å²) in [5.74, 6) is -0.898. The molecule has 0 saturated carbocycles. The van der Waals surface area contributed by atoms with Crippen molar-refractivity contribution in [1.82, 2.24) is 5.32 Å². The molecule has 0 spiro atoms. The fourth-order valence-corrected chi connectivity index (χ4v) is 3.21. The molecule has 3 N–H and O–H groups in total. The minimum absolute atomic E-state index is 0.0141. The van der Waals surface area contributed by atoms with Crippen LogP contribution in [0.25, 0.3) is 0 Å². The lowest BCUT2D eigenvalue weighted by atomic mass is 9.71. The Bertz CT molecular complexity index is 554. The molecular weight excluding hydrogens is 318 g/mol. The molecule has 140 valence electrons. The third-order valence-electron chi connectivity index (χ3n) is 4.77. The van der Waals surface area contributed by atoms with Crippen LogP contribution in [0.2, 0.25) is 0 Å². The largest absolute Gasteiger partial charge is 0.396 e. The average Bonchev–Trinajstić information content (AvgIpc) is 2.55. The van der Waals surface area contributed by atoms with E-state index in [1.165, 1.54) is 6.92 Å². The molecule has 0 saturated heterocycles. The highest BCUT2D eigenvalue weighted by Crippen LogP contribution is 2.34. The first-order valence-corrected chi connectivity index (χ1v) is 8.89. The van der Waals surface area contributed by atoms with Crippen LogP contribution in [-0.4, -0.2) is 40.7 Å². The summed E-state index contributed by atoms with van der Waals surface area (Å²) >= 11 is 0. The van der Waals surface area contributed by atoms with Gasteiger partial charge < -0.3 is 15.5 Å². The fraction of sp³-hybridized carbons (Fsp3) is 0.600. The number of hydrogen-bond donors (Lipinski definition) is 3. The molecule has 0 radical (unpaired) electrons. The van der Waals surface area contributed by atoms with Crippen LogP contribution in [0.4, 0.5) is 0 Å². The van der Waals surface area contributed by atoms with Crippen LogP contribution in [0.5, 0.6) is 0 Å². The number of amides is 1. The SMILES string of the molecule is CCC(C(=O)C(Cc1ccccc1)NC(=O)C(C)O)C(C)(C)CCO. The highest BCUT2D eigenvalue weighted by atomic mass is 16.3.